The predicted molar refractivity (Wildman–Crippen MR) is 73.0 cm³/mol. The maximum atomic E-state index is 11.9. The van der Waals surface area contributed by atoms with Crippen molar-refractivity contribution in [1.82, 2.24) is 4.31 Å². The van der Waals surface area contributed by atoms with Crippen LogP contribution in [-0.4, -0.2) is 39.4 Å². The van der Waals surface area contributed by atoms with E-state index >= 15 is 0 Å². The Balaban J connectivity index is 2.64. The normalized spacial score (nSPS) is 11.4. The zero-order valence-corrected chi connectivity index (χ0v) is 12.0. The number of nitrogens with one attached hydrogen (secondary N) is 1. The summed E-state index contributed by atoms with van der Waals surface area (Å²) in [7, 11) is -0.987. The molecule has 0 saturated heterocycles. The van der Waals surface area contributed by atoms with Gasteiger partial charge >= 0.3 is 16.2 Å². The molecular weight excluding hydrogens is 268 g/mol. The third-order valence-corrected chi connectivity index (χ3v) is 4.06. The lowest BCUT2D eigenvalue weighted by molar-refractivity contribution is -0.140. The van der Waals surface area contributed by atoms with Gasteiger partial charge in [0.1, 0.15) is 0 Å². The van der Waals surface area contributed by atoms with Gasteiger partial charge in [0.2, 0.25) is 0 Å². The quantitative estimate of drug-likeness (QED) is 0.796. The standard InChI is InChI=1S/C12H18N2O4S/c1-10-4-6-11(7-5-10)13-19(16,17)14(2)9-8-12(15)18-3/h4-7,13H,8-9H2,1-3H3. The summed E-state index contributed by atoms with van der Waals surface area (Å²) in [6, 6.07) is 6.99. The highest BCUT2D eigenvalue weighted by molar-refractivity contribution is 7.90. The Bertz CT molecular complexity index is 525. The van der Waals surface area contributed by atoms with Crippen LogP contribution in [0.5, 0.6) is 0 Å². The monoisotopic (exact) mass is 286 g/mol. The average Bonchev–Trinajstić information content (AvgIpc) is 2.37. The molecule has 0 aromatic heterocycles. The van der Waals surface area contributed by atoms with Gasteiger partial charge in [-0.15, -0.1) is 0 Å². The molecular formula is C12H18N2O4S. The highest BCUT2D eigenvalue weighted by Crippen LogP contribution is 2.12. The fourth-order valence-corrected chi connectivity index (χ4v) is 2.24. The van der Waals surface area contributed by atoms with Crippen molar-refractivity contribution in [2.45, 2.75) is 13.3 Å². The van der Waals surface area contributed by atoms with E-state index in [9.17, 15) is 13.2 Å². The second kappa shape index (κ2) is 6.53. The summed E-state index contributed by atoms with van der Waals surface area (Å²) < 4.78 is 31.9. The first-order valence-corrected chi connectivity index (χ1v) is 7.16. The summed E-state index contributed by atoms with van der Waals surface area (Å²) in [4.78, 5) is 11.0. The molecule has 0 aliphatic rings. The number of rotatable bonds is 6. The number of aryl methyl sites for hydroxylation is 1. The maximum Gasteiger partial charge on any atom is 0.306 e. The van der Waals surface area contributed by atoms with Crippen molar-refractivity contribution in [2.24, 2.45) is 0 Å². The number of ether oxygens (including phenoxy) is 1. The van der Waals surface area contributed by atoms with E-state index in [2.05, 4.69) is 9.46 Å². The number of benzene rings is 1. The minimum atomic E-state index is -3.65. The molecule has 0 radical (unpaired) electrons. The first-order chi connectivity index (χ1) is 8.85. The number of esters is 1. The number of hydrogen-bond acceptors (Lipinski definition) is 4. The smallest absolute Gasteiger partial charge is 0.306 e. The van der Waals surface area contributed by atoms with Crippen molar-refractivity contribution in [3.8, 4) is 0 Å². The zero-order chi connectivity index (χ0) is 14.5. The van der Waals surface area contributed by atoms with Crippen molar-refractivity contribution < 1.29 is 17.9 Å². The molecule has 0 aliphatic carbocycles. The van der Waals surface area contributed by atoms with Crippen molar-refractivity contribution in [3.63, 3.8) is 0 Å². The van der Waals surface area contributed by atoms with E-state index < -0.39 is 16.2 Å². The van der Waals surface area contributed by atoms with Crippen molar-refractivity contribution in [3.05, 3.63) is 29.8 Å². The highest BCUT2D eigenvalue weighted by Gasteiger charge is 2.18. The van der Waals surface area contributed by atoms with E-state index in [0.29, 0.717) is 5.69 Å². The van der Waals surface area contributed by atoms with Gasteiger partial charge in [-0.05, 0) is 19.1 Å². The zero-order valence-electron chi connectivity index (χ0n) is 11.2. The van der Waals surface area contributed by atoms with Crippen LogP contribution in [0.4, 0.5) is 5.69 Å². The maximum absolute atomic E-state index is 11.9. The lowest BCUT2D eigenvalue weighted by atomic mass is 10.2. The Hall–Kier alpha value is -1.60. The topological polar surface area (TPSA) is 75.7 Å². The molecule has 1 N–H and O–H groups in total. The molecule has 0 bridgehead atoms. The van der Waals surface area contributed by atoms with E-state index in [1.165, 1.54) is 14.2 Å². The Labute approximate surface area is 113 Å². The van der Waals surface area contributed by atoms with E-state index in [-0.39, 0.29) is 13.0 Å². The van der Waals surface area contributed by atoms with Crippen LogP contribution in [-0.2, 0) is 19.7 Å². The Morgan fingerprint density at radius 1 is 1.32 bits per heavy atom. The first-order valence-electron chi connectivity index (χ1n) is 5.72. The molecule has 1 rings (SSSR count). The van der Waals surface area contributed by atoms with Gasteiger partial charge in [0.25, 0.3) is 0 Å². The van der Waals surface area contributed by atoms with E-state index in [1.54, 1.807) is 12.1 Å². The van der Waals surface area contributed by atoms with E-state index in [1.807, 2.05) is 19.1 Å². The van der Waals surface area contributed by atoms with Gasteiger partial charge in [-0.25, -0.2) is 0 Å². The summed E-state index contributed by atoms with van der Waals surface area (Å²) in [6.45, 7) is 1.98. The van der Waals surface area contributed by atoms with Gasteiger partial charge in [-0.2, -0.15) is 12.7 Å². The number of carbonyl (C=O) groups excluding carboxylic acids is 1. The molecule has 1 aromatic carbocycles. The second-order valence-electron chi connectivity index (χ2n) is 4.12. The van der Waals surface area contributed by atoms with Gasteiger partial charge < -0.3 is 4.74 Å². The van der Waals surface area contributed by atoms with Crippen molar-refractivity contribution >= 4 is 21.9 Å². The predicted octanol–water partition coefficient (Wildman–Crippen LogP) is 1.15. The van der Waals surface area contributed by atoms with Crippen LogP contribution in [0.2, 0.25) is 0 Å². The summed E-state index contributed by atoms with van der Waals surface area (Å²) in [5.41, 5.74) is 1.53. The molecule has 7 heteroatoms. The third kappa shape index (κ3) is 4.88. The molecule has 6 nitrogen and oxygen atoms in total. The first kappa shape index (κ1) is 15.5. The Morgan fingerprint density at radius 3 is 2.42 bits per heavy atom. The lowest BCUT2D eigenvalue weighted by Crippen LogP contribution is -2.34. The fraction of sp³-hybridized carbons (Fsp3) is 0.417. The van der Waals surface area contributed by atoms with E-state index in [4.69, 9.17) is 0 Å². The van der Waals surface area contributed by atoms with Crippen LogP contribution >= 0.6 is 0 Å². The van der Waals surface area contributed by atoms with E-state index in [0.717, 1.165) is 9.87 Å². The number of carbonyl (C=O) groups is 1. The van der Waals surface area contributed by atoms with Crippen molar-refractivity contribution in [2.75, 3.05) is 25.4 Å². The van der Waals surface area contributed by atoms with Gasteiger partial charge in [0.05, 0.1) is 13.5 Å². The van der Waals surface area contributed by atoms with Gasteiger partial charge in [-0.1, -0.05) is 17.7 Å². The SMILES string of the molecule is COC(=O)CCN(C)S(=O)(=O)Nc1ccc(C)cc1. The van der Waals surface area contributed by atoms with Crippen LogP contribution in [0.25, 0.3) is 0 Å². The van der Waals surface area contributed by atoms with Crippen LogP contribution in [0, 0.1) is 6.92 Å². The minimum Gasteiger partial charge on any atom is -0.469 e. The summed E-state index contributed by atoms with van der Waals surface area (Å²) >= 11 is 0. The molecule has 0 aliphatic heterocycles. The number of nitrogens with zero attached hydrogens (tertiary/aromatic N) is 1. The fourth-order valence-electron chi connectivity index (χ4n) is 1.32. The van der Waals surface area contributed by atoms with Crippen LogP contribution < -0.4 is 4.72 Å². The molecule has 0 heterocycles. The molecule has 0 spiro atoms. The van der Waals surface area contributed by atoms with Gasteiger partial charge in [0, 0.05) is 19.3 Å². The molecule has 0 atom stereocenters. The largest absolute Gasteiger partial charge is 0.469 e. The number of hydrogen-bond donors (Lipinski definition) is 1. The lowest BCUT2D eigenvalue weighted by Gasteiger charge is -2.17. The van der Waals surface area contributed by atoms with Gasteiger partial charge in [-0.3, -0.25) is 9.52 Å². The Kier molecular flexibility index (Phi) is 5.31. The summed E-state index contributed by atoms with van der Waals surface area (Å²) in [6.07, 6.45) is 0.0157. The van der Waals surface area contributed by atoms with Crippen LogP contribution in [0.15, 0.2) is 24.3 Å². The van der Waals surface area contributed by atoms with Gasteiger partial charge in [0.15, 0.2) is 0 Å². The molecule has 0 unspecified atom stereocenters. The molecule has 1 aromatic rings. The van der Waals surface area contributed by atoms with Crippen LogP contribution in [0.1, 0.15) is 12.0 Å². The number of anilines is 1. The highest BCUT2D eigenvalue weighted by atomic mass is 32.2. The molecule has 0 fully saturated rings. The summed E-state index contributed by atoms with van der Waals surface area (Å²) in [5.74, 6) is -0.447. The third-order valence-electron chi connectivity index (χ3n) is 2.57. The van der Waals surface area contributed by atoms with Crippen LogP contribution in [0.3, 0.4) is 0 Å². The number of methoxy groups -OCH3 is 1. The minimum absolute atomic E-state index is 0.0157. The molecule has 19 heavy (non-hydrogen) atoms. The summed E-state index contributed by atoms with van der Waals surface area (Å²) in [5, 5.41) is 0. The Morgan fingerprint density at radius 2 is 1.89 bits per heavy atom. The molecule has 106 valence electrons. The average molecular weight is 286 g/mol. The van der Waals surface area contributed by atoms with Crippen molar-refractivity contribution in [1.29, 1.82) is 0 Å². The molecule has 0 amide bonds. The second-order valence-corrected chi connectivity index (χ2v) is 5.90. The molecule has 0 saturated carbocycles.